The minimum absolute atomic E-state index is 0. The van der Waals surface area contributed by atoms with E-state index < -0.39 is 24.2 Å². The van der Waals surface area contributed by atoms with Crippen LogP contribution in [0.4, 0.5) is 0 Å². The normalized spacial score (nSPS) is 24.6. The zero-order chi connectivity index (χ0) is 46.4. The Morgan fingerprint density at radius 2 is 1.58 bits per heavy atom. The van der Waals surface area contributed by atoms with E-state index >= 15 is 0 Å². The van der Waals surface area contributed by atoms with Crippen LogP contribution in [0, 0.1) is 55.3 Å². The van der Waals surface area contributed by atoms with Crippen LogP contribution in [-0.2, 0) is 25.5 Å². The first-order valence-corrected chi connectivity index (χ1v) is 24.4. The molecule has 2 aromatic rings. The zero-order valence-electron chi connectivity index (χ0n) is 41.6. The van der Waals surface area contributed by atoms with Crippen molar-refractivity contribution in [3.8, 4) is 0 Å². The van der Waals surface area contributed by atoms with Gasteiger partial charge in [0, 0.05) is 19.4 Å². The molecule has 5 heterocycles. The Bertz CT molecular complexity index is 2290. The number of esters is 1. The smallest absolute Gasteiger partial charge is 0.681 e. The standard InChI is InChI=1S/C55H76N4O5.Mg/c1-13-39-35(8)42-28-44-37(10)41(24-25-48(60)64-27-26-34(7)23-17-22-33(6)21-16-20-32(5)19-15-18-31(3)4)52(58-44)50-51(55(62)63-12)54(61)49-38(11)45(59-53(49)50)30-47-40(14-2)36(9)43(57-47)29-46(39)56-42;/h13,26,28-33,37,41,49,51-52,55,62H,1,14-25,27H2,2-12H3;/q-4;+2/b34-26+,43-29-,44-28-,47-30-;/t32-,33-,37+,41+,49?,51-,52?,55?;/m1./s1. The number of aliphatic hydroxyl groups is 1. The number of methoxy groups -OCH3 is 1. The molecular formula is C55H76MgN4O5-2. The Hall–Kier alpha value is -3.57. The number of aliphatic hydroxyl groups excluding tert-OH is 1. The van der Waals surface area contributed by atoms with Crippen molar-refractivity contribution in [2.75, 3.05) is 13.7 Å². The zero-order valence-corrected chi connectivity index (χ0v) is 43.0. The largest absolute Gasteiger partial charge is 2.00 e. The summed E-state index contributed by atoms with van der Waals surface area (Å²) in [5.41, 5.74) is 10.6. The molecule has 10 heteroatoms. The van der Waals surface area contributed by atoms with E-state index in [9.17, 15) is 14.7 Å². The fraction of sp³-hybridized carbons (Fsp3) is 0.600. The molecule has 0 aromatic carbocycles. The fourth-order valence-corrected chi connectivity index (χ4v) is 10.7. The van der Waals surface area contributed by atoms with E-state index in [0.717, 1.165) is 92.6 Å². The maximum atomic E-state index is 14.5. The van der Waals surface area contributed by atoms with Crippen molar-refractivity contribution in [1.29, 1.82) is 0 Å². The van der Waals surface area contributed by atoms with Crippen LogP contribution in [0.15, 0.2) is 46.5 Å². The first-order valence-electron chi connectivity index (χ1n) is 24.4. The third-order valence-electron chi connectivity index (χ3n) is 14.8. The molecular weight excluding hydrogens is 821 g/mol. The van der Waals surface area contributed by atoms with Crippen molar-refractivity contribution in [3.63, 3.8) is 0 Å². The Balaban J connectivity index is 0.00000793. The van der Waals surface area contributed by atoms with Gasteiger partial charge in [0.25, 0.3) is 0 Å². The molecule has 1 saturated heterocycles. The number of ether oxygens (including phenoxy) is 2. The van der Waals surface area contributed by atoms with Crippen LogP contribution in [0.5, 0.6) is 0 Å². The second-order valence-corrected chi connectivity index (χ2v) is 19.9. The van der Waals surface area contributed by atoms with Crippen molar-refractivity contribution >= 4 is 59.1 Å². The van der Waals surface area contributed by atoms with Gasteiger partial charge in [-0.1, -0.05) is 157 Å². The molecule has 1 fully saturated rings. The molecule has 0 saturated carbocycles. The van der Waals surface area contributed by atoms with E-state index in [-0.39, 0.29) is 59.7 Å². The van der Waals surface area contributed by atoms with Gasteiger partial charge in [0.15, 0.2) is 12.1 Å². The summed E-state index contributed by atoms with van der Waals surface area (Å²) in [6.45, 7) is 26.3. The van der Waals surface area contributed by atoms with Gasteiger partial charge in [0.2, 0.25) is 0 Å². The van der Waals surface area contributed by atoms with Gasteiger partial charge in [-0.25, -0.2) is 0 Å². The quantitative estimate of drug-likeness (QED) is 0.0572. The molecule has 350 valence electrons. The number of hydrogen-bond donors (Lipinski definition) is 1. The molecule has 1 N–H and O–H groups in total. The summed E-state index contributed by atoms with van der Waals surface area (Å²) in [5.74, 6) is 0.0578. The van der Waals surface area contributed by atoms with E-state index in [1.54, 1.807) is 0 Å². The number of ketones is 1. The van der Waals surface area contributed by atoms with Gasteiger partial charge in [0.05, 0.1) is 5.92 Å². The molecule has 1 aliphatic carbocycles. The number of aromatic nitrogens is 2. The third kappa shape index (κ3) is 11.9. The van der Waals surface area contributed by atoms with Crippen molar-refractivity contribution < 1.29 is 24.2 Å². The van der Waals surface area contributed by atoms with E-state index in [2.05, 4.69) is 62.0 Å². The summed E-state index contributed by atoms with van der Waals surface area (Å²) < 4.78 is 11.3. The molecule has 0 radical (unpaired) electrons. The van der Waals surface area contributed by atoms with Gasteiger partial charge in [0.1, 0.15) is 6.61 Å². The number of rotatable bonds is 21. The van der Waals surface area contributed by atoms with Crippen molar-refractivity contribution in [2.24, 2.45) is 41.4 Å². The first kappa shape index (κ1) is 52.4. The molecule has 6 rings (SSSR count). The topological polar surface area (TPSA) is 129 Å². The molecule has 3 unspecified atom stereocenters. The monoisotopic (exact) mass is 897 g/mol. The maximum absolute atomic E-state index is 14.5. The summed E-state index contributed by atoms with van der Waals surface area (Å²) in [6, 6.07) is -0.531. The second-order valence-electron chi connectivity index (χ2n) is 19.9. The number of Topliss-reactive ketones (excluding diaryl/α,β-unsaturated/α-hetero) is 1. The van der Waals surface area contributed by atoms with Crippen LogP contribution in [-0.4, -0.2) is 66.0 Å². The van der Waals surface area contributed by atoms with E-state index in [1.165, 1.54) is 57.6 Å². The van der Waals surface area contributed by atoms with Crippen molar-refractivity contribution in [3.05, 3.63) is 101 Å². The van der Waals surface area contributed by atoms with E-state index in [1.807, 2.05) is 44.2 Å². The molecule has 0 spiro atoms. The molecule has 0 amide bonds. The Morgan fingerprint density at radius 3 is 2.23 bits per heavy atom. The minimum Gasteiger partial charge on any atom is -0.681 e. The second kappa shape index (κ2) is 23.4. The third-order valence-corrected chi connectivity index (χ3v) is 14.8. The molecule has 8 atom stereocenters. The van der Waals surface area contributed by atoms with Crippen LogP contribution in [0.2, 0.25) is 0 Å². The number of hydrogen-bond acceptors (Lipinski definition) is 5. The summed E-state index contributed by atoms with van der Waals surface area (Å²) >= 11 is 0. The van der Waals surface area contributed by atoms with Gasteiger partial charge in [-0.05, 0) is 94.6 Å². The molecule has 4 aliphatic rings. The number of carbonyl (C=O) groups is 2. The van der Waals surface area contributed by atoms with Gasteiger partial charge in [-0.15, -0.1) is 33.5 Å². The van der Waals surface area contributed by atoms with Gasteiger partial charge in [-0.2, -0.15) is 5.70 Å². The number of allylic oxidation sites excluding steroid dienone is 4. The van der Waals surface area contributed by atoms with Crippen LogP contribution < -0.4 is 20.7 Å². The summed E-state index contributed by atoms with van der Waals surface area (Å²) in [4.78, 5) is 38.1. The average Bonchev–Trinajstić information content (AvgIpc) is 3.99. The van der Waals surface area contributed by atoms with Crippen LogP contribution in [0.25, 0.3) is 34.9 Å². The van der Waals surface area contributed by atoms with Crippen molar-refractivity contribution in [2.45, 2.75) is 159 Å². The Labute approximate surface area is 406 Å². The fourth-order valence-electron chi connectivity index (χ4n) is 10.7. The molecule has 8 bridgehead atoms. The average molecular weight is 898 g/mol. The van der Waals surface area contributed by atoms with Gasteiger partial charge in [-0.3, -0.25) is 9.59 Å². The number of nitrogens with zero attached hydrogens (tertiary/aromatic N) is 4. The predicted octanol–water partition coefficient (Wildman–Crippen LogP) is 10.4. The van der Waals surface area contributed by atoms with E-state index in [4.69, 9.17) is 30.1 Å². The first-order chi connectivity index (χ1) is 30.6. The molecule has 65 heavy (non-hydrogen) atoms. The van der Waals surface area contributed by atoms with E-state index in [0.29, 0.717) is 23.4 Å². The number of carbonyl (C=O) groups excluding carboxylic acids is 2. The summed E-state index contributed by atoms with van der Waals surface area (Å²) in [7, 11) is 1.41. The van der Waals surface area contributed by atoms with Crippen LogP contribution >= 0.6 is 0 Å². The molecule has 3 aliphatic heterocycles. The summed E-state index contributed by atoms with van der Waals surface area (Å²) in [5, 5.41) is 23.6. The van der Waals surface area contributed by atoms with Crippen LogP contribution in [0.3, 0.4) is 0 Å². The number of fused-ring (bicyclic) bond motifs is 8. The Morgan fingerprint density at radius 1 is 0.908 bits per heavy atom. The van der Waals surface area contributed by atoms with Gasteiger partial charge < -0.3 is 35.2 Å². The van der Waals surface area contributed by atoms with Crippen LogP contribution in [0.1, 0.15) is 160 Å². The predicted molar refractivity (Wildman–Crippen MR) is 266 cm³/mol. The summed E-state index contributed by atoms with van der Waals surface area (Å²) in [6.07, 6.45) is 21.4. The SMILES string of the molecule is C=Cc1c2[n-]c(c1C)/C=C1\[N-]C(C3=C4[N-]C(=C(C)C4C(=O)[C@@H]3C(O)OC)/C=c3\[n-]/c(c(C)c3CC)=C\2)[C@@H](CCC(=O)OC/C=C(\C)CCC[C@H](C)CCC[C@H](C)CCCC(C)C)[C@@H]1C.[Mg+2]. The Kier molecular flexibility index (Phi) is 18.9. The molecule has 9 nitrogen and oxygen atoms in total. The minimum atomic E-state index is -1.37. The molecule has 2 aromatic heterocycles. The van der Waals surface area contributed by atoms with Gasteiger partial charge >= 0.3 is 29.0 Å². The maximum Gasteiger partial charge on any atom is 2.00 e. The van der Waals surface area contributed by atoms with Crippen molar-refractivity contribution in [1.82, 2.24) is 9.97 Å².